The van der Waals surface area contributed by atoms with Crippen molar-refractivity contribution in [2.24, 2.45) is 0 Å². The molecule has 0 saturated heterocycles. The van der Waals surface area contributed by atoms with Crippen LogP contribution in [0.5, 0.6) is 0 Å². The van der Waals surface area contributed by atoms with Gasteiger partial charge in [0.1, 0.15) is 0 Å². The van der Waals surface area contributed by atoms with E-state index < -0.39 is 0 Å². The van der Waals surface area contributed by atoms with Crippen LogP contribution in [0.15, 0.2) is 0 Å². The molecule has 1 fully saturated rings. The van der Waals surface area contributed by atoms with Crippen molar-refractivity contribution in [3.63, 3.8) is 0 Å². The van der Waals surface area contributed by atoms with Gasteiger partial charge in [-0.2, -0.15) is 11.8 Å². The first-order valence-electron chi connectivity index (χ1n) is 4.05. The lowest BCUT2D eigenvalue weighted by Gasteiger charge is -2.25. The number of rotatable bonds is 4. The van der Waals surface area contributed by atoms with E-state index in [-0.39, 0.29) is 0 Å². The predicted molar refractivity (Wildman–Crippen MR) is 48.7 cm³/mol. The highest BCUT2D eigenvalue weighted by molar-refractivity contribution is 7.99. The summed E-state index contributed by atoms with van der Waals surface area (Å²) >= 11 is 2.15. The van der Waals surface area contributed by atoms with Gasteiger partial charge in [-0.05, 0) is 26.9 Å². The summed E-state index contributed by atoms with van der Waals surface area (Å²) < 4.78 is 0. The third kappa shape index (κ3) is 2.93. The van der Waals surface area contributed by atoms with Crippen LogP contribution in [-0.2, 0) is 0 Å². The SMILES string of the molecule is CN(C)CCSC1CCC1. The molecule has 1 rings (SSSR count). The van der Waals surface area contributed by atoms with Crippen molar-refractivity contribution in [1.82, 2.24) is 4.90 Å². The van der Waals surface area contributed by atoms with Crippen LogP contribution in [-0.4, -0.2) is 36.5 Å². The second-order valence-corrected chi connectivity index (χ2v) is 4.64. The number of hydrogen-bond donors (Lipinski definition) is 0. The molecule has 0 aromatic heterocycles. The third-order valence-corrected chi connectivity index (χ3v) is 3.31. The highest BCUT2D eigenvalue weighted by Crippen LogP contribution is 2.30. The predicted octanol–water partition coefficient (Wildman–Crippen LogP) is 1.83. The summed E-state index contributed by atoms with van der Waals surface area (Å²) in [7, 11) is 4.28. The number of hydrogen-bond acceptors (Lipinski definition) is 2. The molecule has 0 N–H and O–H groups in total. The molecule has 1 saturated carbocycles. The molecule has 1 nitrogen and oxygen atoms in total. The summed E-state index contributed by atoms with van der Waals surface area (Å²) in [5, 5.41) is 1.01. The molecular weight excluding hydrogens is 142 g/mol. The fraction of sp³-hybridized carbons (Fsp3) is 1.00. The Morgan fingerprint density at radius 3 is 2.50 bits per heavy atom. The van der Waals surface area contributed by atoms with Crippen LogP contribution in [0.1, 0.15) is 19.3 Å². The third-order valence-electron chi connectivity index (χ3n) is 1.94. The van der Waals surface area contributed by atoms with Crippen molar-refractivity contribution < 1.29 is 0 Å². The lowest BCUT2D eigenvalue weighted by atomic mass is 10.0. The van der Waals surface area contributed by atoms with Gasteiger partial charge in [0, 0.05) is 17.5 Å². The fourth-order valence-electron chi connectivity index (χ4n) is 0.939. The van der Waals surface area contributed by atoms with Crippen LogP contribution in [0.4, 0.5) is 0 Å². The van der Waals surface area contributed by atoms with Gasteiger partial charge in [0.05, 0.1) is 0 Å². The zero-order chi connectivity index (χ0) is 7.40. The van der Waals surface area contributed by atoms with E-state index in [0.29, 0.717) is 0 Å². The Labute approximate surface area is 68.2 Å². The van der Waals surface area contributed by atoms with Crippen LogP contribution >= 0.6 is 11.8 Å². The molecule has 60 valence electrons. The first-order valence-corrected chi connectivity index (χ1v) is 5.10. The Hall–Kier alpha value is 0.310. The van der Waals surface area contributed by atoms with E-state index in [9.17, 15) is 0 Å². The minimum atomic E-state index is 1.01. The molecule has 0 amide bonds. The van der Waals surface area contributed by atoms with Gasteiger partial charge < -0.3 is 4.90 Å². The Kier molecular flexibility index (Phi) is 3.57. The second-order valence-electron chi connectivity index (χ2n) is 3.23. The number of thioether (sulfide) groups is 1. The monoisotopic (exact) mass is 159 g/mol. The second kappa shape index (κ2) is 4.24. The van der Waals surface area contributed by atoms with Crippen LogP contribution in [0.2, 0.25) is 0 Å². The zero-order valence-electron chi connectivity index (χ0n) is 6.97. The molecule has 0 heterocycles. The molecule has 0 bridgehead atoms. The molecule has 1 aliphatic rings. The van der Waals surface area contributed by atoms with Crippen molar-refractivity contribution >= 4 is 11.8 Å². The van der Waals surface area contributed by atoms with E-state index in [2.05, 4.69) is 30.8 Å². The zero-order valence-corrected chi connectivity index (χ0v) is 7.78. The van der Waals surface area contributed by atoms with E-state index in [1.54, 1.807) is 0 Å². The van der Waals surface area contributed by atoms with Crippen molar-refractivity contribution in [2.75, 3.05) is 26.4 Å². The minimum absolute atomic E-state index is 1.01. The average molecular weight is 159 g/mol. The normalized spacial score (nSPS) is 19.5. The summed E-state index contributed by atoms with van der Waals surface area (Å²) in [6.07, 6.45) is 4.41. The molecule has 0 aliphatic heterocycles. The molecule has 0 spiro atoms. The van der Waals surface area contributed by atoms with Gasteiger partial charge in [-0.15, -0.1) is 0 Å². The Morgan fingerprint density at radius 2 is 2.10 bits per heavy atom. The first kappa shape index (κ1) is 8.41. The van der Waals surface area contributed by atoms with E-state index in [0.717, 1.165) is 5.25 Å². The van der Waals surface area contributed by atoms with Crippen molar-refractivity contribution in [1.29, 1.82) is 0 Å². The van der Waals surface area contributed by atoms with Gasteiger partial charge in [-0.1, -0.05) is 6.42 Å². The highest BCUT2D eigenvalue weighted by Gasteiger charge is 2.16. The molecule has 2 heteroatoms. The van der Waals surface area contributed by atoms with Gasteiger partial charge in [-0.3, -0.25) is 0 Å². The van der Waals surface area contributed by atoms with Gasteiger partial charge in [0.15, 0.2) is 0 Å². The topological polar surface area (TPSA) is 3.24 Å². The molecule has 0 unspecified atom stereocenters. The summed E-state index contributed by atoms with van der Waals surface area (Å²) in [6, 6.07) is 0. The van der Waals surface area contributed by atoms with E-state index >= 15 is 0 Å². The van der Waals surface area contributed by atoms with Crippen molar-refractivity contribution in [2.45, 2.75) is 24.5 Å². The standard InChI is InChI=1S/C8H17NS/c1-9(2)6-7-10-8-4-3-5-8/h8H,3-7H2,1-2H3. The minimum Gasteiger partial charge on any atom is -0.309 e. The highest BCUT2D eigenvalue weighted by atomic mass is 32.2. The molecule has 0 radical (unpaired) electrons. The lowest BCUT2D eigenvalue weighted by Crippen LogP contribution is -2.19. The van der Waals surface area contributed by atoms with E-state index in [4.69, 9.17) is 0 Å². The van der Waals surface area contributed by atoms with Crippen molar-refractivity contribution in [3.8, 4) is 0 Å². The molecule has 0 aromatic rings. The van der Waals surface area contributed by atoms with Crippen LogP contribution < -0.4 is 0 Å². The quantitative estimate of drug-likeness (QED) is 0.615. The van der Waals surface area contributed by atoms with Gasteiger partial charge >= 0.3 is 0 Å². The molecule has 10 heavy (non-hydrogen) atoms. The Morgan fingerprint density at radius 1 is 1.40 bits per heavy atom. The van der Waals surface area contributed by atoms with E-state index in [1.165, 1.54) is 31.6 Å². The maximum atomic E-state index is 2.26. The van der Waals surface area contributed by atoms with Crippen molar-refractivity contribution in [3.05, 3.63) is 0 Å². The summed E-state index contributed by atoms with van der Waals surface area (Å²) in [6.45, 7) is 1.24. The summed E-state index contributed by atoms with van der Waals surface area (Å²) in [5.41, 5.74) is 0. The van der Waals surface area contributed by atoms with Crippen LogP contribution in [0.25, 0.3) is 0 Å². The van der Waals surface area contributed by atoms with Gasteiger partial charge in [0.25, 0.3) is 0 Å². The van der Waals surface area contributed by atoms with Crippen LogP contribution in [0.3, 0.4) is 0 Å². The van der Waals surface area contributed by atoms with Gasteiger partial charge in [-0.25, -0.2) is 0 Å². The summed E-state index contributed by atoms with van der Waals surface area (Å²) in [5.74, 6) is 1.32. The maximum Gasteiger partial charge on any atom is 0.00663 e. The lowest BCUT2D eigenvalue weighted by molar-refractivity contribution is 0.436. The molecule has 1 aliphatic carbocycles. The Bertz CT molecular complexity index is 89.3. The maximum absolute atomic E-state index is 2.26. The fourth-order valence-corrected chi connectivity index (χ4v) is 2.41. The van der Waals surface area contributed by atoms with Gasteiger partial charge in [0.2, 0.25) is 0 Å². The largest absolute Gasteiger partial charge is 0.309 e. The number of nitrogens with zero attached hydrogens (tertiary/aromatic N) is 1. The van der Waals surface area contributed by atoms with Crippen LogP contribution in [0, 0.1) is 0 Å². The average Bonchev–Trinajstić information content (AvgIpc) is 1.75. The van der Waals surface area contributed by atoms with E-state index in [1.807, 2.05) is 0 Å². The molecule has 0 atom stereocenters. The summed E-state index contributed by atoms with van der Waals surface area (Å²) in [4.78, 5) is 2.26. The molecular formula is C8H17NS. The first-order chi connectivity index (χ1) is 4.79. The molecule has 0 aromatic carbocycles. The Balaban J connectivity index is 1.85. The smallest absolute Gasteiger partial charge is 0.00663 e.